The van der Waals surface area contributed by atoms with E-state index in [0.29, 0.717) is 28.8 Å². The molecule has 3 rings (SSSR count). The number of nitrogens with zero attached hydrogens (tertiary/aromatic N) is 1. The molecule has 2 fully saturated rings. The van der Waals surface area contributed by atoms with Crippen molar-refractivity contribution in [2.24, 2.45) is 5.92 Å². The highest BCUT2D eigenvalue weighted by Crippen LogP contribution is 2.38. The normalized spacial score (nSPS) is 25.8. The predicted octanol–water partition coefficient (Wildman–Crippen LogP) is 2.34. The fourth-order valence-corrected chi connectivity index (χ4v) is 3.16. The van der Waals surface area contributed by atoms with Crippen LogP contribution in [0.15, 0.2) is 12.1 Å². The Morgan fingerprint density at radius 2 is 2.22 bits per heavy atom. The third-order valence-electron chi connectivity index (χ3n) is 4.30. The van der Waals surface area contributed by atoms with Crippen LogP contribution >= 0.6 is 0 Å². The number of nitrogens with two attached hydrogens (primary N) is 1. The second kappa shape index (κ2) is 3.97. The first kappa shape index (κ1) is 11.5. The standard InChI is InChI=1S/C14H17FN2O/c1-8-12(15)5-10(6-13(8)16)14(18)17-7-9-2-3-11(17)4-9/h5-6,9,11H,2-4,7,16H2,1H3. The van der Waals surface area contributed by atoms with E-state index >= 15 is 0 Å². The summed E-state index contributed by atoms with van der Waals surface area (Å²) in [5.41, 5.74) is 6.86. The van der Waals surface area contributed by atoms with Crippen LogP contribution in [0.2, 0.25) is 0 Å². The summed E-state index contributed by atoms with van der Waals surface area (Å²) in [4.78, 5) is 14.2. The summed E-state index contributed by atoms with van der Waals surface area (Å²) in [5, 5.41) is 0. The molecule has 2 aliphatic rings. The van der Waals surface area contributed by atoms with Crippen LogP contribution in [-0.2, 0) is 0 Å². The molecule has 1 aromatic carbocycles. The summed E-state index contributed by atoms with van der Waals surface area (Å²) in [7, 11) is 0. The summed E-state index contributed by atoms with van der Waals surface area (Å²) < 4.78 is 13.6. The van der Waals surface area contributed by atoms with Gasteiger partial charge < -0.3 is 10.6 Å². The number of fused-ring (bicyclic) bond motifs is 2. The minimum absolute atomic E-state index is 0.0761. The first-order valence-corrected chi connectivity index (χ1v) is 6.43. The molecule has 1 saturated carbocycles. The van der Waals surface area contributed by atoms with E-state index in [9.17, 15) is 9.18 Å². The van der Waals surface area contributed by atoms with E-state index in [0.717, 1.165) is 19.4 Å². The number of hydrogen-bond donors (Lipinski definition) is 1. The van der Waals surface area contributed by atoms with Crippen molar-refractivity contribution in [2.45, 2.75) is 32.2 Å². The van der Waals surface area contributed by atoms with Crippen molar-refractivity contribution >= 4 is 11.6 Å². The Balaban J connectivity index is 1.89. The van der Waals surface area contributed by atoms with Crippen LogP contribution in [0.4, 0.5) is 10.1 Å². The van der Waals surface area contributed by atoms with E-state index in [1.807, 2.05) is 4.90 Å². The fraction of sp³-hybridized carbons (Fsp3) is 0.500. The molecule has 18 heavy (non-hydrogen) atoms. The van der Waals surface area contributed by atoms with Crippen molar-refractivity contribution in [1.29, 1.82) is 0 Å². The molecule has 1 aromatic rings. The minimum atomic E-state index is -0.400. The lowest BCUT2D eigenvalue weighted by Crippen LogP contribution is -2.37. The first-order valence-electron chi connectivity index (χ1n) is 6.43. The Bertz CT molecular complexity index is 492. The second-order valence-corrected chi connectivity index (χ2v) is 5.46. The molecule has 1 amide bonds. The van der Waals surface area contributed by atoms with Crippen molar-refractivity contribution in [1.82, 2.24) is 4.90 Å². The highest BCUT2D eigenvalue weighted by Gasteiger charge is 2.40. The van der Waals surface area contributed by atoms with E-state index < -0.39 is 5.82 Å². The molecular formula is C14H17FN2O. The zero-order chi connectivity index (χ0) is 12.9. The van der Waals surface area contributed by atoms with Crippen molar-refractivity contribution in [2.75, 3.05) is 12.3 Å². The second-order valence-electron chi connectivity index (χ2n) is 5.46. The molecule has 0 spiro atoms. The quantitative estimate of drug-likeness (QED) is 0.775. The summed E-state index contributed by atoms with van der Waals surface area (Å²) in [6, 6.07) is 3.25. The maximum absolute atomic E-state index is 13.6. The third kappa shape index (κ3) is 1.67. The molecule has 2 bridgehead atoms. The Labute approximate surface area is 106 Å². The van der Waals surface area contributed by atoms with Gasteiger partial charge in [-0.2, -0.15) is 0 Å². The highest BCUT2D eigenvalue weighted by molar-refractivity contribution is 5.95. The van der Waals surface area contributed by atoms with Crippen LogP contribution < -0.4 is 5.73 Å². The lowest BCUT2D eigenvalue weighted by Gasteiger charge is -2.27. The molecule has 1 aliphatic heterocycles. The van der Waals surface area contributed by atoms with E-state index in [2.05, 4.69) is 0 Å². The number of rotatable bonds is 1. The van der Waals surface area contributed by atoms with Crippen LogP contribution in [0.3, 0.4) is 0 Å². The number of carbonyl (C=O) groups is 1. The number of nitrogen functional groups attached to an aromatic ring is 1. The van der Waals surface area contributed by atoms with Gasteiger partial charge in [0.15, 0.2) is 0 Å². The molecule has 2 atom stereocenters. The number of carbonyl (C=O) groups excluding carboxylic acids is 1. The van der Waals surface area contributed by atoms with Gasteiger partial charge in [0.25, 0.3) is 5.91 Å². The van der Waals surface area contributed by atoms with Gasteiger partial charge in [0.1, 0.15) is 5.82 Å². The van der Waals surface area contributed by atoms with Gasteiger partial charge in [0.2, 0.25) is 0 Å². The van der Waals surface area contributed by atoms with Gasteiger partial charge in [-0.05, 0) is 44.2 Å². The number of piperidine rings is 1. The maximum atomic E-state index is 13.6. The lowest BCUT2D eigenvalue weighted by atomic mass is 10.1. The summed E-state index contributed by atoms with van der Waals surface area (Å²) in [6.45, 7) is 2.44. The first-order chi connectivity index (χ1) is 8.56. The number of hydrogen-bond acceptors (Lipinski definition) is 2. The molecule has 2 unspecified atom stereocenters. The third-order valence-corrected chi connectivity index (χ3v) is 4.30. The predicted molar refractivity (Wildman–Crippen MR) is 67.7 cm³/mol. The van der Waals surface area contributed by atoms with Gasteiger partial charge in [-0.25, -0.2) is 4.39 Å². The molecule has 4 heteroatoms. The molecule has 1 heterocycles. The topological polar surface area (TPSA) is 46.3 Å². The Morgan fingerprint density at radius 1 is 1.44 bits per heavy atom. The molecule has 3 nitrogen and oxygen atoms in total. The van der Waals surface area contributed by atoms with Crippen LogP contribution in [0.5, 0.6) is 0 Å². The zero-order valence-electron chi connectivity index (χ0n) is 10.4. The number of amides is 1. The van der Waals surface area contributed by atoms with Crippen LogP contribution in [0, 0.1) is 18.7 Å². The summed E-state index contributed by atoms with van der Waals surface area (Å²) in [6.07, 6.45) is 3.41. The number of likely N-dealkylation sites (tertiary alicyclic amines) is 1. The molecule has 0 aromatic heterocycles. The number of halogens is 1. The van der Waals surface area contributed by atoms with Crippen molar-refractivity contribution in [3.05, 3.63) is 29.1 Å². The van der Waals surface area contributed by atoms with Crippen molar-refractivity contribution < 1.29 is 9.18 Å². The molecule has 2 N–H and O–H groups in total. The van der Waals surface area contributed by atoms with Crippen molar-refractivity contribution in [3.63, 3.8) is 0 Å². The van der Waals surface area contributed by atoms with E-state index in [-0.39, 0.29) is 5.91 Å². The smallest absolute Gasteiger partial charge is 0.254 e. The largest absolute Gasteiger partial charge is 0.398 e. The van der Waals surface area contributed by atoms with Crippen molar-refractivity contribution in [3.8, 4) is 0 Å². The fourth-order valence-electron chi connectivity index (χ4n) is 3.16. The molecule has 0 radical (unpaired) electrons. The SMILES string of the molecule is Cc1c(N)cc(C(=O)N2CC3CCC2C3)cc1F. The van der Waals surface area contributed by atoms with Crippen LogP contribution in [-0.4, -0.2) is 23.4 Å². The van der Waals surface area contributed by atoms with Crippen LogP contribution in [0.25, 0.3) is 0 Å². The summed E-state index contributed by atoms with van der Waals surface area (Å²) in [5.74, 6) is 0.169. The zero-order valence-corrected chi connectivity index (χ0v) is 10.4. The number of anilines is 1. The minimum Gasteiger partial charge on any atom is -0.398 e. The highest BCUT2D eigenvalue weighted by atomic mass is 19.1. The number of benzene rings is 1. The Morgan fingerprint density at radius 3 is 2.78 bits per heavy atom. The van der Waals surface area contributed by atoms with Gasteiger partial charge in [-0.15, -0.1) is 0 Å². The summed E-state index contributed by atoms with van der Waals surface area (Å²) >= 11 is 0. The monoisotopic (exact) mass is 248 g/mol. The Kier molecular flexibility index (Phi) is 2.54. The molecular weight excluding hydrogens is 231 g/mol. The van der Waals surface area contributed by atoms with E-state index in [1.54, 1.807) is 13.0 Å². The Hall–Kier alpha value is -1.58. The van der Waals surface area contributed by atoms with Gasteiger partial charge in [0, 0.05) is 29.4 Å². The molecule has 1 aliphatic carbocycles. The van der Waals surface area contributed by atoms with Crippen LogP contribution in [0.1, 0.15) is 35.2 Å². The molecule has 96 valence electrons. The maximum Gasteiger partial charge on any atom is 0.254 e. The molecule has 1 saturated heterocycles. The van der Waals surface area contributed by atoms with Gasteiger partial charge >= 0.3 is 0 Å². The lowest BCUT2D eigenvalue weighted by molar-refractivity contribution is 0.0703. The van der Waals surface area contributed by atoms with E-state index in [1.165, 1.54) is 12.5 Å². The van der Waals surface area contributed by atoms with Gasteiger partial charge in [-0.3, -0.25) is 4.79 Å². The van der Waals surface area contributed by atoms with Gasteiger partial charge in [-0.1, -0.05) is 0 Å². The van der Waals surface area contributed by atoms with Gasteiger partial charge in [0.05, 0.1) is 0 Å². The average molecular weight is 248 g/mol. The van der Waals surface area contributed by atoms with E-state index in [4.69, 9.17) is 5.73 Å². The average Bonchev–Trinajstić information content (AvgIpc) is 2.96.